The minimum absolute atomic E-state index is 0.0164. The van der Waals surface area contributed by atoms with Crippen LogP contribution in [0.2, 0.25) is 0 Å². The Labute approximate surface area is 139 Å². The van der Waals surface area contributed by atoms with Crippen molar-refractivity contribution >= 4 is 11.9 Å². The summed E-state index contributed by atoms with van der Waals surface area (Å²) in [5.41, 5.74) is 1.79. The minimum Gasteiger partial charge on any atom is -0.469 e. The van der Waals surface area contributed by atoms with Gasteiger partial charge in [-0.3, -0.25) is 9.59 Å². The molecule has 0 spiro atoms. The number of esters is 1. The van der Waals surface area contributed by atoms with Gasteiger partial charge in [0.25, 0.3) is 5.91 Å². The monoisotopic (exact) mass is 319 g/mol. The second-order valence-corrected chi connectivity index (χ2v) is 6.10. The zero-order chi connectivity index (χ0) is 17.2. The zero-order valence-corrected chi connectivity index (χ0v) is 14.8. The van der Waals surface area contributed by atoms with Crippen LogP contribution in [-0.4, -0.2) is 37.0 Å². The largest absolute Gasteiger partial charge is 0.469 e. The van der Waals surface area contributed by atoms with Crippen molar-refractivity contribution in [3.05, 3.63) is 35.4 Å². The van der Waals surface area contributed by atoms with Crippen LogP contribution in [0.1, 0.15) is 55.5 Å². The normalized spacial score (nSPS) is 11.8. The molecular formula is C19H29NO3. The quantitative estimate of drug-likeness (QED) is 0.513. The molecule has 1 amide bonds. The first-order valence-corrected chi connectivity index (χ1v) is 8.43. The summed E-state index contributed by atoms with van der Waals surface area (Å²) >= 11 is 0. The first-order chi connectivity index (χ1) is 11.0. The van der Waals surface area contributed by atoms with E-state index in [0.717, 1.165) is 24.8 Å². The first kappa shape index (κ1) is 19.2. The van der Waals surface area contributed by atoms with Gasteiger partial charge in [-0.2, -0.15) is 0 Å². The van der Waals surface area contributed by atoms with Gasteiger partial charge in [0.15, 0.2) is 0 Å². The highest BCUT2D eigenvalue weighted by Gasteiger charge is 2.22. The molecule has 0 aromatic heterocycles. The fourth-order valence-electron chi connectivity index (χ4n) is 2.49. The third-order valence-corrected chi connectivity index (χ3v) is 3.97. The van der Waals surface area contributed by atoms with Gasteiger partial charge in [-0.1, -0.05) is 50.8 Å². The van der Waals surface area contributed by atoms with Gasteiger partial charge in [0.05, 0.1) is 13.0 Å². The molecule has 0 bridgehead atoms. The van der Waals surface area contributed by atoms with Crippen LogP contribution in [0.15, 0.2) is 24.3 Å². The maximum Gasteiger partial charge on any atom is 0.310 e. The average molecular weight is 319 g/mol. The maximum absolute atomic E-state index is 12.7. The lowest BCUT2D eigenvalue weighted by molar-refractivity contribution is -0.145. The summed E-state index contributed by atoms with van der Waals surface area (Å²) in [6.45, 7) is 7.03. The third-order valence-electron chi connectivity index (χ3n) is 3.97. The number of nitrogens with zero attached hydrogens (tertiary/aromatic N) is 1. The highest BCUT2D eigenvalue weighted by atomic mass is 16.5. The van der Waals surface area contributed by atoms with Crippen molar-refractivity contribution in [2.45, 2.75) is 46.5 Å². The van der Waals surface area contributed by atoms with Crippen LogP contribution < -0.4 is 0 Å². The molecule has 1 unspecified atom stereocenters. The SMILES string of the molecule is CCCCCCN(CC(C)C(=O)OC)C(=O)c1ccc(C)cc1. The molecular weight excluding hydrogens is 290 g/mol. The Morgan fingerprint density at radius 1 is 1.13 bits per heavy atom. The molecule has 1 aromatic rings. The molecule has 4 nitrogen and oxygen atoms in total. The standard InChI is InChI=1S/C19H29NO3/c1-5-6-7-8-13-20(14-16(3)19(22)23-4)18(21)17-11-9-15(2)10-12-17/h9-12,16H,5-8,13-14H2,1-4H3. The summed E-state index contributed by atoms with van der Waals surface area (Å²) in [6.07, 6.45) is 4.38. The van der Waals surface area contributed by atoms with Gasteiger partial charge in [-0.15, -0.1) is 0 Å². The highest BCUT2D eigenvalue weighted by Crippen LogP contribution is 2.12. The molecule has 0 radical (unpaired) electrons. The topological polar surface area (TPSA) is 46.6 Å². The van der Waals surface area contributed by atoms with Crippen LogP contribution in [0.5, 0.6) is 0 Å². The van der Waals surface area contributed by atoms with E-state index in [9.17, 15) is 9.59 Å². The Morgan fingerprint density at radius 3 is 2.35 bits per heavy atom. The summed E-state index contributed by atoms with van der Waals surface area (Å²) in [5.74, 6) is -0.613. The average Bonchev–Trinajstić information content (AvgIpc) is 2.56. The van der Waals surface area contributed by atoms with Gasteiger partial charge < -0.3 is 9.64 Å². The van der Waals surface area contributed by atoms with Gasteiger partial charge in [0.2, 0.25) is 0 Å². The van der Waals surface area contributed by atoms with Crippen molar-refractivity contribution in [1.82, 2.24) is 4.90 Å². The van der Waals surface area contributed by atoms with Crippen LogP contribution in [-0.2, 0) is 9.53 Å². The summed E-state index contributed by atoms with van der Waals surface area (Å²) < 4.78 is 4.78. The Bertz CT molecular complexity index is 496. The molecule has 0 saturated carbocycles. The Hall–Kier alpha value is -1.84. The molecule has 23 heavy (non-hydrogen) atoms. The summed E-state index contributed by atoms with van der Waals surface area (Å²) in [4.78, 5) is 26.2. The summed E-state index contributed by atoms with van der Waals surface area (Å²) in [6, 6.07) is 7.57. The molecule has 1 aromatic carbocycles. The number of carbonyl (C=O) groups excluding carboxylic acids is 2. The lowest BCUT2D eigenvalue weighted by Crippen LogP contribution is -2.38. The van der Waals surface area contributed by atoms with Gasteiger partial charge in [0.1, 0.15) is 0 Å². The van der Waals surface area contributed by atoms with Crippen molar-refractivity contribution in [2.24, 2.45) is 5.92 Å². The Balaban J connectivity index is 2.77. The number of hydrogen-bond acceptors (Lipinski definition) is 3. The first-order valence-electron chi connectivity index (χ1n) is 8.43. The number of amides is 1. The smallest absolute Gasteiger partial charge is 0.310 e. The number of hydrogen-bond donors (Lipinski definition) is 0. The fraction of sp³-hybridized carbons (Fsp3) is 0.579. The molecule has 0 saturated heterocycles. The molecule has 0 aliphatic rings. The van der Waals surface area contributed by atoms with Gasteiger partial charge in [-0.05, 0) is 25.5 Å². The van der Waals surface area contributed by atoms with E-state index in [1.54, 1.807) is 11.8 Å². The molecule has 0 aliphatic heterocycles. The van der Waals surface area contributed by atoms with Crippen molar-refractivity contribution in [3.8, 4) is 0 Å². The second-order valence-electron chi connectivity index (χ2n) is 6.10. The summed E-state index contributed by atoms with van der Waals surface area (Å²) in [7, 11) is 1.38. The number of rotatable bonds is 9. The van der Waals surface area contributed by atoms with E-state index in [-0.39, 0.29) is 17.8 Å². The van der Waals surface area contributed by atoms with Crippen molar-refractivity contribution in [1.29, 1.82) is 0 Å². The summed E-state index contributed by atoms with van der Waals surface area (Å²) in [5, 5.41) is 0. The molecule has 0 heterocycles. The van der Waals surface area contributed by atoms with E-state index in [1.165, 1.54) is 13.5 Å². The van der Waals surface area contributed by atoms with E-state index in [2.05, 4.69) is 6.92 Å². The lowest BCUT2D eigenvalue weighted by Gasteiger charge is -2.25. The predicted octanol–water partition coefficient (Wildman–Crippen LogP) is 3.83. The lowest BCUT2D eigenvalue weighted by atomic mass is 10.1. The zero-order valence-electron chi connectivity index (χ0n) is 14.8. The van der Waals surface area contributed by atoms with Gasteiger partial charge in [-0.25, -0.2) is 0 Å². The fourth-order valence-corrected chi connectivity index (χ4v) is 2.49. The van der Waals surface area contributed by atoms with E-state index in [0.29, 0.717) is 18.7 Å². The second kappa shape index (κ2) is 10.0. The van der Waals surface area contributed by atoms with Crippen LogP contribution in [0.4, 0.5) is 0 Å². The molecule has 1 atom stereocenters. The van der Waals surface area contributed by atoms with Crippen molar-refractivity contribution in [2.75, 3.05) is 20.2 Å². The molecule has 4 heteroatoms. The number of unbranched alkanes of at least 4 members (excludes halogenated alkanes) is 3. The number of ether oxygens (including phenoxy) is 1. The van der Waals surface area contributed by atoms with E-state index >= 15 is 0 Å². The minimum atomic E-state index is -0.319. The Morgan fingerprint density at radius 2 is 1.78 bits per heavy atom. The van der Waals surface area contributed by atoms with Gasteiger partial charge >= 0.3 is 5.97 Å². The number of aryl methyl sites for hydroxylation is 1. The molecule has 0 aliphatic carbocycles. The number of benzene rings is 1. The van der Waals surface area contributed by atoms with E-state index < -0.39 is 0 Å². The van der Waals surface area contributed by atoms with Crippen molar-refractivity contribution in [3.63, 3.8) is 0 Å². The number of carbonyl (C=O) groups is 2. The van der Waals surface area contributed by atoms with Crippen LogP contribution in [0, 0.1) is 12.8 Å². The molecule has 128 valence electrons. The predicted molar refractivity (Wildman–Crippen MR) is 92.4 cm³/mol. The van der Waals surface area contributed by atoms with Crippen LogP contribution >= 0.6 is 0 Å². The van der Waals surface area contributed by atoms with Gasteiger partial charge in [0, 0.05) is 18.7 Å². The van der Waals surface area contributed by atoms with E-state index in [4.69, 9.17) is 4.74 Å². The molecule has 1 rings (SSSR count). The molecule has 0 fully saturated rings. The van der Waals surface area contributed by atoms with Crippen molar-refractivity contribution < 1.29 is 14.3 Å². The number of methoxy groups -OCH3 is 1. The maximum atomic E-state index is 12.7. The molecule has 0 N–H and O–H groups in total. The van der Waals surface area contributed by atoms with E-state index in [1.807, 2.05) is 31.2 Å². The van der Waals surface area contributed by atoms with Crippen LogP contribution in [0.25, 0.3) is 0 Å². The third kappa shape index (κ3) is 6.43. The van der Waals surface area contributed by atoms with Crippen LogP contribution in [0.3, 0.4) is 0 Å². The Kier molecular flexibility index (Phi) is 8.38. The highest BCUT2D eigenvalue weighted by molar-refractivity contribution is 5.94.